The summed E-state index contributed by atoms with van der Waals surface area (Å²) in [6, 6.07) is 11.3. The number of ether oxygens (including phenoxy) is 2. The first-order chi connectivity index (χ1) is 10.3. The predicted molar refractivity (Wildman–Crippen MR) is 79.0 cm³/mol. The van der Waals surface area contributed by atoms with Crippen LogP contribution in [-0.2, 0) is 13.1 Å². The number of nitrogens with zero attached hydrogens (tertiary/aromatic N) is 2. The van der Waals surface area contributed by atoms with E-state index in [1.165, 1.54) is 0 Å². The molecule has 0 radical (unpaired) electrons. The van der Waals surface area contributed by atoms with Gasteiger partial charge >= 0.3 is 0 Å². The van der Waals surface area contributed by atoms with E-state index >= 15 is 0 Å². The van der Waals surface area contributed by atoms with Crippen LogP contribution in [-0.4, -0.2) is 19.2 Å². The lowest BCUT2D eigenvalue weighted by Gasteiger charge is -2.12. The van der Waals surface area contributed by atoms with Crippen molar-refractivity contribution in [1.82, 2.24) is 10.3 Å². The molecule has 0 saturated carbocycles. The van der Waals surface area contributed by atoms with E-state index in [0.29, 0.717) is 30.2 Å². The van der Waals surface area contributed by atoms with Crippen LogP contribution in [0.3, 0.4) is 0 Å². The first kappa shape index (κ1) is 14.8. The van der Waals surface area contributed by atoms with Crippen molar-refractivity contribution in [2.75, 3.05) is 14.2 Å². The highest BCUT2D eigenvalue weighted by Crippen LogP contribution is 2.28. The van der Waals surface area contributed by atoms with Crippen LogP contribution in [0, 0.1) is 11.3 Å². The lowest BCUT2D eigenvalue weighted by molar-refractivity contribution is 0.348. The first-order valence-corrected chi connectivity index (χ1v) is 6.54. The molecule has 0 unspecified atom stereocenters. The molecule has 108 valence electrons. The van der Waals surface area contributed by atoms with E-state index in [1.807, 2.05) is 12.1 Å². The summed E-state index contributed by atoms with van der Waals surface area (Å²) in [6.45, 7) is 1.26. The number of nitrogens with one attached hydrogen (secondary N) is 1. The van der Waals surface area contributed by atoms with Gasteiger partial charge in [-0.2, -0.15) is 5.26 Å². The van der Waals surface area contributed by atoms with E-state index in [4.69, 9.17) is 14.7 Å². The molecule has 0 fully saturated rings. The Kier molecular flexibility index (Phi) is 5.13. The summed E-state index contributed by atoms with van der Waals surface area (Å²) in [4.78, 5) is 4.31. The summed E-state index contributed by atoms with van der Waals surface area (Å²) in [5.74, 6) is 1.31. The summed E-state index contributed by atoms with van der Waals surface area (Å²) in [7, 11) is 3.20. The largest absolute Gasteiger partial charge is 0.493 e. The summed E-state index contributed by atoms with van der Waals surface area (Å²) in [5, 5.41) is 12.1. The highest BCUT2D eigenvalue weighted by Gasteiger charge is 2.10. The molecule has 2 rings (SSSR count). The normalized spacial score (nSPS) is 9.95. The number of benzene rings is 1. The van der Waals surface area contributed by atoms with Crippen molar-refractivity contribution >= 4 is 0 Å². The van der Waals surface area contributed by atoms with Gasteiger partial charge in [-0.3, -0.25) is 4.98 Å². The SMILES string of the molecule is COc1ccnc(CNCc2ccc(C#N)cc2)c1OC. The standard InChI is InChI=1S/C16H17N3O2/c1-20-15-7-8-19-14(16(15)21-2)11-18-10-13-5-3-12(9-17)4-6-13/h3-8,18H,10-11H2,1-2H3. The number of aromatic nitrogens is 1. The van der Waals surface area contributed by atoms with E-state index < -0.39 is 0 Å². The van der Waals surface area contributed by atoms with Gasteiger partial charge < -0.3 is 14.8 Å². The molecule has 5 heteroatoms. The number of nitriles is 1. The number of hydrogen-bond donors (Lipinski definition) is 1. The van der Waals surface area contributed by atoms with Crippen molar-refractivity contribution < 1.29 is 9.47 Å². The maximum Gasteiger partial charge on any atom is 0.183 e. The Morgan fingerprint density at radius 3 is 2.48 bits per heavy atom. The molecular formula is C16H17N3O2. The molecule has 1 aromatic carbocycles. The van der Waals surface area contributed by atoms with Crippen molar-refractivity contribution in [2.45, 2.75) is 13.1 Å². The molecule has 1 N–H and O–H groups in total. The molecule has 21 heavy (non-hydrogen) atoms. The van der Waals surface area contributed by atoms with Gasteiger partial charge in [0.15, 0.2) is 11.5 Å². The minimum atomic E-state index is 0.570. The van der Waals surface area contributed by atoms with Crippen molar-refractivity contribution in [3.05, 3.63) is 53.3 Å². The smallest absolute Gasteiger partial charge is 0.183 e. The molecule has 0 aliphatic heterocycles. The fraction of sp³-hybridized carbons (Fsp3) is 0.250. The van der Waals surface area contributed by atoms with E-state index in [0.717, 1.165) is 11.3 Å². The van der Waals surface area contributed by atoms with Crippen LogP contribution < -0.4 is 14.8 Å². The molecule has 1 aromatic heterocycles. The summed E-state index contributed by atoms with van der Waals surface area (Å²) in [5.41, 5.74) is 2.57. The Morgan fingerprint density at radius 2 is 1.86 bits per heavy atom. The Morgan fingerprint density at radius 1 is 1.10 bits per heavy atom. The third-order valence-corrected chi connectivity index (χ3v) is 3.07. The topological polar surface area (TPSA) is 67.2 Å². The predicted octanol–water partition coefficient (Wildman–Crippen LogP) is 2.26. The first-order valence-electron chi connectivity index (χ1n) is 6.54. The van der Waals surface area contributed by atoms with E-state index in [2.05, 4.69) is 16.4 Å². The zero-order chi connectivity index (χ0) is 15.1. The third-order valence-electron chi connectivity index (χ3n) is 3.07. The second-order valence-corrected chi connectivity index (χ2v) is 4.41. The monoisotopic (exact) mass is 283 g/mol. The molecule has 0 aliphatic carbocycles. The second kappa shape index (κ2) is 7.27. The lowest BCUT2D eigenvalue weighted by Crippen LogP contribution is -2.14. The van der Waals surface area contributed by atoms with Crippen LogP contribution in [0.25, 0.3) is 0 Å². The highest BCUT2D eigenvalue weighted by atomic mass is 16.5. The highest BCUT2D eigenvalue weighted by molar-refractivity contribution is 5.42. The number of methoxy groups -OCH3 is 2. The molecule has 0 aliphatic rings. The number of hydrogen-bond acceptors (Lipinski definition) is 5. The molecule has 5 nitrogen and oxygen atoms in total. The average molecular weight is 283 g/mol. The molecule has 0 saturated heterocycles. The minimum Gasteiger partial charge on any atom is -0.493 e. The van der Waals surface area contributed by atoms with E-state index in [-0.39, 0.29) is 0 Å². The molecule has 1 heterocycles. The minimum absolute atomic E-state index is 0.570. The average Bonchev–Trinajstić information content (AvgIpc) is 2.55. The second-order valence-electron chi connectivity index (χ2n) is 4.41. The molecule has 2 aromatic rings. The zero-order valence-electron chi connectivity index (χ0n) is 12.1. The lowest BCUT2D eigenvalue weighted by atomic mass is 10.1. The van der Waals surface area contributed by atoms with Gasteiger partial charge in [0.1, 0.15) is 0 Å². The Balaban J connectivity index is 1.98. The van der Waals surface area contributed by atoms with Crippen LogP contribution in [0.5, 0.6) is 11.5 Å². The Bertz CT molecular complexity index is 633. The van der Waals surface area contributed by atoms with Crippen LogP contribution >= 0.6 is 0 Å². The van der Waals surface area contributed by atoms with Gasteiger partial charge in [0.05, 0.1) is 31.5 Å². The van der Waals surface area contributed by atoms with Gasteiger partial charge in [-0.1, -0.05) is 12.1 Å². The Hall–Kier alpha value is -2.58. The molecular weight excluding hydrogens is 266 g/mol. The number of pyridine rings is 1. The van der Waals surface area contributed by atoms with Crippen LogP contribution in [0.15, 0.2) is 36.5 Å². The van der Waals surface area contributed by atoms with Crippen molar-refractivity contribution in [3.63, 3.8) is 0 Å². The zero-order valence-corrected chi connectivity index (χ0v) is 12.1. The van der Waals surface area contributed by atoms with Crippen molar-refractivity contribution in [1.29, 1.82) is 5.26 Å². The summed E-state index contributed by atoms with van der Waals surface area (Å²) < 4.78 is 10.6. The third kappa shape index (κ3) is 3.71. The van der Waals surface area contributed by atoms with E-state index in [9.17, 15) is 0 Å². The van der Waals surface area contributed by atoms with Gasteiger partial charge in [0.25, 0.3) is 0 Å². The Labute approximate surface area is 124 Å². The van der Waals surface area contributed by atoms with Crippen molar-refractivity contribution in [3.8, 4) is 17.6 Å². The van der Waals surface area contributed by atoms with Gasteiger partial charge in [-0.15, -0.1) is 0 Å². The summed E-state index contributed by atoms with van der Waals surface area (Å²) >= 11 is 0. The van der Waals surface area contributed by atoms with Gasteiger partial charge in [0, 0.05) is 25.4 Å². The van der Waals surface area contributed by atoms with Gasteiger partial charge in [-0.25, -0.2) is 0 Å². The molecule has 0 bridgehead atoms. The fourth-order valence-electron chi connectivity index (χ4n) is 2.00. The number of rotatable bonds is 6. The molecule has 0 spiro atoms. The maximum absolute atomic E-state index is 8.76. The maximum atomic E-state index is 8.76. The van der Waals surface area contributed by atoms with Crippen molar-refractivity contribution in [2.24, 2.45) is 0 Å². The van der Waals surface area contributed by atoms with Gasteiger partial charge in [-0.05, 0) is 17.7 Å². The molecule has 0 atom stereocenters. The van der Waals surface area contributed by atoms with Gasteiger partial charge in [0.2, 0.25) is 0 Å². The fourth-order valence-corrected chi connectivity index (χ4v) is 2.00. The molecule has 0 amide bonds. The van der Waals surface area contributed by atoms with Crippen LogP contribution in [0.4, 0.5) is 0 Å². The van der Waals surface area contributed by atoms with E-state index in [1.54, 1.807) is 38.6 Å². The quantitative estimate of drug-likeness (QED) is 0.880. The summed E-state index contributed by atoms with van der Waals surface area (Å²) in [6.07, 6.45) is 1.69. The van der Waals surface area contributed by atoms with Crippen LogP contribution in [0.2, 0.25) is 0 Å². The van der Waals surface area contributed by atoms with Crippen LogP contribution in [0.1, 0.15) is 16.8 Å².